The molecule has 156 valence electrons. The van der Waals surface area contributed by atoms with Crippen LogP contribution in [0.5, 0.6) is 11.5 Å². The second-order valence-electron chi connectivity index (χ2n) is 6.84. The number of methoxy groups -OCH3 is 1. The lowest BCUT2D eigenvalue weighted by Crippen LogP contribution is -2.29. The number of carbonyl (C=O) groups excluding carboxylic acids is 1. The molecule has 1 amide bonds. The summed E-state index contributed by atoms with van der Waals surface area (Å²) in [4.78, 5) is 27.9. The fourth-order valence-corrected chi connectivity index (χ4v) is 3.40. The molecule has 8 nitrogen and oxygen atoms in total. The van der Waals surface area contributed by atoms with Crippen LogP contribution < -0.4 is 10.1 Å². The number of ether oxygens (including phenoxy) is 1. The highest BCUT2D eigenvalue weighted by atomic mass is 16.6. The molecule has 1 heterocycles. The number of hydrogen-bond donors (Lipinski definition) is 2. The third kappa shape index (κ3) is 4.17. The van der Waals surface area contributed by atoms with Crippen LogP contribution in [-0.2, 0) is 4.79 Å². The molecule has 3 rings (SSSR count). The van der Waals surface area contributed by atoms with Gasteiger partial charge in [-0.3, -0.25) is 19.9 Å². The van der Waals surface area contributed by atoms with Gasteiger partial charge >= 0.3 is 0 Å². The number of fused-ring (bicyclic) bond motifs is 1. The molecule has 0 fully saturated rings. The Balaban J connectivity index is 2.23. The molecule has 0 spiro atoms. The summed E-state index contributed by atoms with van der Waals surface area (Å²) < 4.78 is 5.43. The van der Waals surface area contributed by atoms with Gasteiger partial charge in [0.25, 0.3) is 5.69 Å². The molecule has 0 aliphatic heterocycles. The number of pyridine rings is 1. The maximum Gasteiger partial charge on any atom is 0.279 e. The van der Waals surface area contributed by atoms with Crippen LogP contribution in [-0.4, -0.2) is 28.0 Å². The van der Waals surface area contributed by atoms with Crippen molar-refractivity contribution in [3.63, 3.8) is 0 Å². The average molecular weight is 409 g/mol. The molecular formula is C22H23N3O5. The van der Waals surface area contributed by atoms with Gasteiger partial charge in [0.2, 0.25) is 5.91 Å². The van der Waals surface area contributed by atoms with Crippen LogP contribution in [0.15, 0.2) is 48.7 Å². The van der Waals surface area contributed by atoms with Crippen molar-refractivity contribution in [3.05, 3.63) is 69.9 Å². The number of aromatic hydroxyl groups is 1. The SMILES string of the molecule is CCCCC(=O)N[C@@H](c1ccccc1OC)c1cc([N+](=O)[O-])c2cccnc2c1O. The van der Waals surface area contributed by atoms with E-state index in [4.69, 9.17) is 4.74 Å². The Bertz CT molecular complexity index is 1080. The molecule has 0 radical (unpaired) electrons. The first-order valence-corrected chi connectivity index (χ1v) is 9.65. The Morgan fingerprint density at radius 2 is 2.03 bits per heavy atom. The van der Waals surface area contributed by atoms with Crippen LogP contribution in [0.3, 0.4) is 0 Å². The van der Waals surface area contributed by atoms with E-state index in [-0.39, 0.29) is 33.8 Å². The van der Waals surface area contributed by atoms with Crippen molar-refractivity contribution >= 4 is 22.5 Å². The number of unbranched alkanes of at least 4 members (excludes halogenated alkanes) is 1. The summed E-state index contributed by atoms with van der Waals surface area (Å²) >= 11 is 0. The minimum Gasteiger partial charge on any atom is -0.505 e. The highest BCUT2D eigenvalue weighted by molar-refractivity contribution is 5.94. The zero-order chi connectivity index (χ0) is 21.7. The number of hydrogen-bond acceptors (Lipinski definition) is 6. The van der Waals surface area contributed by atoms with Gasteiger partial charge in [-0.05, 0) is 24.6 Å². The van der Waals surface area contributed by atoms with Crippen molar-refractivity contribution in [1.29, 1.82) is 0 Å². The molecule has 0 saturated carbocycles. The first-order valence-electron chi connectivity index (χ1n) is 9.65. The number of nitrogens with one attached hydrogen (secondary N) is 1. The topological polar surface area (TPSA) is 115 Å². The summed E-state index contributed by atoms with van der Waals surface area (Å²) in [5.74, 6) is 0.0419. The lowest BCUT2D eigenvalue weighted by atomic mass is 9.94. The summed E-state index contributed by atoms with van der Waals surface area (Å²) in [5, 5.41) is 25.8. The zero-order valence-electron chi connectivity index (χ0n) is 16.8. The fourth-order valence-electron chi connectivity index (χ4n) is 3.40. The number of amides is 1. The van der Waals surface area contributed by atoms with Gasteiger partial charge in [-0.2, -0.15) is 0 Å². The lowest BCUT2D eigenvalue weighted by Gasteiger charge is -2.23. The second-order valence-corrected chi connectivity index (χ2v) is 6.84. The lowest BCUT2D eigenvalue weighted by molar-refractivity contribution is -0.383. The highest BCUT2D eigenvalue weighted by Crippen LogP contribution is 2.41. The molecule has 0 unspecified atom stereocenters. The van der Waals surface area contributed by atoms with Crippen LogP contribution in [0.2, 0.25) is 0 Å². The highest BCUT2D eigenvalue weighted by Gasteiger charge is 2.28. The van der Waals surface area contributed by atoms with Crippen molar-refractivity contribution in [2.45, 2.75) is 32.2 Å². The number of para-hydroxylation sites is 1. The third-order valence-electron chi connectivity index (χ3n) is 4.89. The van der Waals surface area contributed by atoms with E-state index in [1.165, 1.54) is 25.4 Å². The Labute approximate surface area is 173 Å². The summed E-state index contributed by atoms with van der Waals surface area (Å²) in [6, 6.07) is 10.6. The van der Waals surface area contributed by atoms with Crippen LogP contribution in [0, 0.1) is 10.1 Å². The predicted molar refractivity (Wildman–Crippen MR) is 113 cm³/mol. The van der Waals surface area contributed by atoms with E-state index in [1.807, 2.05) is 6.92 Å². The molecule has 0 aliphatic carbocycles. The fraction of sp³-hybridized carbons (Fsp3) is 0.273. The minimum absolute atomic E-state index is 0.101. The number of phenols is 1. The normalized spacial score (nSPS) is 11.8. The van der Waals surface area contributed by atoms with Crippen molar-refractivity contribution < 1.29 is 19.6 Å². The molecule has 2 N–H and O–H groups in total. The number of aromatic nitrogens is 1. The van der Waals surface area contributed by atoms with Crippen molar-refractivity contribution in [3.8, 4) is 11.5 Å². The quantitative estimate of drug-likeness (QED) is 0.424. The van der Waals surface area contributed by atoms with E-state index in [2.05, 4.69) is 10.3 Å². The Morgan fingerprint density at radius 3 is 2.73 bits per heavy atom. The number of rotatable bonds is 8. The number of phenolic OH excluding ortho intramolecular Hbond substituents is 1. The average Bonchev–Trinajstić information content (AvgIpc) is 2.76. The first-order chi connectivity index (χ1) is 14.5. The van der Waals surface area contributed by atoms with E-state index in [9.17, 15) is 20.0 Å². The molecule has 3 aromatic rings. The molecular weight excluding hydrogens is 386 g/mol. The van der Waals surface area contributed by atoms with Gasteiger partial charge in [0.05, 0.1) is 23.5 Å². The van der Waals surface area contributed by atoms with E-state index in [1.54, 1.807) is 30.3 Å². The number of nitrogens with zero attached hydrogens (tertiary/aromatic N) is 2. The number of carbonyl (C=O) groups is 1. The smallest absolute Gasteiger partial charge is 0.279 e. The predicted octanol–water partition coefficient (Wildman–Crippen LogP) is 4.25. The van der Waals surface area contributed by atoms with E-state index >= 15 is 0 Å². The molecule has 2 aromatic carbocycles. The Kier molecular flexibility index (Phi) is 6.46. The van der Waals surface area contributed by atoms with Gasteiger partial charge in [0.1, 0.15) is 17.0 Å². The summed E-state index contributed by atoms with van der Waals surface area (Å²) in [6.07, 6.45) is 3.31. The molecule has 0 saturated heterocycles. The molecule has 8 heteroatoms. The molecule has 0 bridgehead atoms. The van der Waals surface area contributed by atoms with Crippen LogP contribution in [0.1, 0.15) is 43.4 Å². The second kappa shape index (κ2) is 9.21. The summed E-state index contributed by atoms with van der Waals surface area (Å²) in [5.41, 5.74) is 0.657. The largest absolute Gasteiger partial charge is 0.505 e. The maximum absolute atomic E-state index is 12.6. The van der Waals surface area contributed by atoms with Gasteiger partial charge in [-0.25, -0.2) is 0 Å². The van der Waals surface area contributed by atoms with E-state index < -0.39 is 11.0 Å². The summed E-state index contributed by atoms with van der Waals surface area (Å²) in [7, 11) is 1.50. The zero-order valence-corrected chi connectivity index (χ0v) is 16.8. The van der Waals surface area contributed by atoms with Gasteiger partial charge in [0.15, 0.2) is 0 Å². The number of benzene rings is 2. The van der Waals surface area contributed by atoms with Crippen LogP contribution in [0.4, 0.5) is 5.69 Å². The van der Waals surface area contributed by atoms with Crippen LogP contribution in [0.25, 0.3) is 10.9 Å². The molecule has 30 heavy (non-hydrogen) atoms. The number of non-ortho nitro benzene ring substituents is 1. The Morgan fingerprint density at radius 1 is 1.27 bits per heavy atom. The van der Waals surface area contributed by atoms with E-state index in [0.29, 0.717) is 24.2 Å². The minimum atomic E-state index is -0.851. The van der Waals surface area contributed by atoms with Gasteiger partial charge in [0, 0.05) is 29.8 Å². The van der Waals surface area contributed by atoms with Gasteiger partial charge in [-0.1, -0.05) is 31.5 Å². The Hall–Kier alpha value is -3.68. The molecule has 1 atom stereocenters. The maximum atomic E-state index is 12.6. The number of nitro benzene ring substituents is 1. The van der Waals surface area contributed by atoms with Gasteiger partial charge in [-0.15, -0.1) is 0 Å². The first kappa shape index (κ1) is 21.0. The number of nitro groups is 1. The van der Waals surface area contributed by atoms with Crippen LogP contribution >= 0.6 is 0 Å². The monoisotopic (exact) mass is 409 g/mol. The summed E-state index contributed by atoms with van der Waals surface area (Å²) in [6.45, 7) is 1.98. The molecule has 0 aliphatic rings. The van der Waals surface area contributed by atoms with Crippen molar-refractivity contribution in [1.82, 2.24) is 10.3 Å². The molecule has 1 aromatic heterocycles. The standard InChI is InChI=1S/C22H23N3O5/c1-3-4-11-19(26)24-20(15-8-5-6-10-18(15)30-2)16-13-17(25(28)29)14-9-7-12-23-21(14)22(16)27/h5-10,12-13,20,27H,3-4,11H2,1-2H3,(H,24,26)/t20-/m0/s1. The van der Waals surface area contributed by atoms with E-state index in [0.717, 1.165) is 6.42 Å². The third-order valence-corrected chi connectivity index (χ3v) is 4.89. The van der Waals surface area contributed by atoms with Crippen molar-refractivity contribution in [2.75, 3.05) is 7.11 Å². The van der Waals surface area contributed by atoms with Crippen molar-refractivity contribution in [2.24, 2.45) is 0 Å². The van der Waals surface area contributed by atoms with Gasteiger partial charge < -0.3 is 15.2 Å².